The van der Waals surface area contributed by atoms with Crippen molar-refractivity contribution in [2.75, 3.05) is 13.1 Å². The molecule has 1 saturated carbocycles. The van der Waals surface area contributed by atoms with Gasteiger partial charge in [0.2, 0.25) is 0 Å². The molecule has 0 aromatic heterocycles. The van der Waals surface area contributed by atoms with Crippen molar-refractivity contribution >= 4 is 5.97 Å². The molecule has 0 heterocycles. The predicted octanol–water partition coefficient (Wildman–Crippen LogP) is 2.64. The van der Waals surface area contributed by atoms with E-state index in [4.69, 9.17) is 4.74 Å². The first-order valence-corrected chi connectivity index (χ1v) is 7.66. The molecule has 1 aliphatic carbocycles. The topological polar surface area (TPSA) is 58.6 Å². The SMILES string of the molecule is CC1(C)CCC(O)(CNCCC(=O)OC(C)(C)C)CC1. The molecule has 0 aromatic rings. The molecule has 0 aliphatic heterocycles. The van der Waals surface area contributed by atoms with Crippen LogP contribution in [0.25, 0.3) is 0 Å². The van der Waals surface area contributed by atoms with Crippen LogP contribution in [0.3, 0.4) is 0 Å². The van der Waals surface area contributed by atoms with E-state index in [-0.39, 0.29) is 5.97 Å². The Morgan fingerprint density at radius 1 is 1.20 bits per heavy atom. The highest BCUT2D eigenvalue weighted by molar-refractivity contribution is 5.70. The first kappa shape index (κ1) is 17.4. The maximum Gasteiger partial charge on any atom is 0.307 e. The van der Waals surface area contributed by atoms with Gasteiger partial charge in [0, 0.05) is 13.1 Å². The van der Waals surface area contributed by atoms with Crippen LogP contribution in [-0.4, -0.2) is 35.4 Å². The number of carbonyl (C=O) groups is 1. The molecule has 118 valence electrons. The Labute approximate surface area is 123 Å². The third-order valence-corrected chi connectivity index (χ3v) is 3.91. The van der Waals surface area contributed by atoms with Crippen LogP contribution in [0.15, 0.2) is 0 Å². The highest BCUT2D eigenvalue weighted by Crippen LogP contribution is 2.39. The van der Waals surface area contributed by atoms with Crippen LogP contribution in [0.4, 0.5) is 0 Å². The van der Waals surface area contributed by atoms with Crippen molar-refractivity contribution in [3.05, 3.63) is 0 Å². The van der Waals surface area contributed by atoms with Crippen molar-refractivity contribution in [3.63, 3.8) is 0 Å². The lowest BCUT2D eigenvalue weighted by Crippen LogP contribution is -2.45. The van der Waals surface area contributed by atoms with Gasteiger partial charge in [0.15, 0.2) is 0 Å². The van der Waals surface area contributed by atoms with Crippen LogP contribution in [0, 0.1) is 5.41 Å². The van der Waals surface area contributed by atoms with Crippen LogP contribution in [-0.2, 0) is 9.53 Å². The summed E-state index contributed by atoms with van der Waals surface area (Å²) in [5.41, 5.74) is -0.684. The van der Waals surface area contributed by atoms with Gasteiger partial charge in [-0.3, -0.25) is 4.79 Å². The van der Waals surface area contributed by atoms with E-state index < -0.39 is 11.2 Å². The fraction of sp³-hybridized carbons (Fsp3) is 0.938. The van der Waals surface area contributed by atoms with Gasteiger partial charge < -0.3 is 15.2 Å². The second-order valence-electron chi connectivity index (χ2n) is 7.90. The van der Waals surface area contributed by atoms with E-state index in [1.807, 2.05) is 20.8 Å². The van der Waals surface area contributed by atoms with Gasteiger partial charge in [0.25, 0.3) is 0 Å². The number of rotatable bonds is 5. The third kappa shape index (κ3) is 6.71. The highest BCUT2D eigenvalue weighted by Gasteiger charge is 2.36. The van der Waals surface area contributed by atoms with E-state index in [0.717, 1.165) is 25.7 Å². The summed E-state index contributed by atoms with van der Waals surface area (Å²) in [4.78, 5) is 11.6. The number of hydrogen-bond acceptors (Lipinski definition) is 4. The molecule has 4 heteroatoms. The van der Waals surface area contributed by atoms with E-state index in [2.05, 4.69) is 19.2 Å². The maximum absolute atomic E-state index is 11.6. The van der Waals surface area contributed by atoms with Crippen molar-refractivity contribution in [3.8, 4) is 0 Å². The summed E-state index contributed by atoms with van der Waals surface area (Å²) in [5.74, 6) is -0.193. The lowest BCUT2D eigenvalue weighted by Gasteiger charge is -2.40. The van der Waals surface area contributed by atoms with Crippen LogP contribution >= 0.6 is 0 Å². The Morgan fingerprint density at radius 2 is 1.75 bits per heavy atom. The summed E-state index contributed by atoms with van der Waals surface area (Å²) in [6.07, 6.45) is 4.12. The number of carbonyl (C=O) groups excluding carboxylic acids is 1. The lowest BCUT2D eigenvalue weighted by atomic mass is 9.71. The van der Waals surface area contributed by atoms with Crippen molar-refractivity contribution in [2.45, 2.75) is 77.9 Å². The Bertz CT molecular complexity index is 321. The number of nitrogens with one attached hydrogen (secondary N) is 1. The van der Waals surface area contributed by atoms with Crippen molar-refractivity contribution in [2.24, 2.45) is 5.41 Å². The molecule has 0 unspecified atom stereocenters. The zero-order chi connectivity index (χ0) is 15.4. The van der Waals surface area contributed by atoms with Crippen LogP contribution in [0.2, 0.25) is 0 Å². The van der Waals surface area contributed by atoms with E-state index in [1.165, 1.54) is 0 Å². The Balaban J connectivity index is 2.20. The molecule has 0 bridgehead atoms. The van der Waals surface area contributed by atoms with Gasteiger partial charge in [0.05, 0.1) is 12.0 Å². The number of ether oxygens (including phenoxy) is 1. The fourth-order valence-corrected chi connectivity index (χ4v) is 2.47. The van der Waals surface area contributed by atoms with Gasteiger partial charge in [-0.05, 0) is 51.9 Å². The largest absolute Gasteiger partial charge is 0.460 e. The molecule has 0 spiro atoms. The van der Waals surface area contributed by atoms with Gasteiger partial charge >= 0.3 is 5.97 Å². The molecule has 0 saturated heterocycles. The van der Waals surface area contributed by atoms with Gasteiger partial charge in [-0.15, -0.1) is 0 Å². The second-order valence-corrected chi connectivity index (χ2v) is 7.90. The summed E-state index contributed by atoms with van der Waals surface area (Å²) in [7, 11) is 0. The predicted molar refractivity (Wildman–Crippen MR) is 80.5 cm³/mol. The number of esters is 1. The summed E-state index contributed by atoms with van der Waals surface area (Å²) in [5, 5.41) is 13.7. The van der Waals surface area contributed by atoms with E-state index in [9.17, 15) is 9.90 Å². The van der Waals surface area contributed by atoms with Gasteiger partial charge in [-0.2, -0.15) is 0 Å². The minimum atomic E-state index is -0.608. The molecule has 1 fully saturated rings. The monoisotopic (exact) mass is 285 g/mol. The zero-order valence-corrected chi connectivity index (χ0v) is 13.7. The Morgan fingerprint density at radius 3 is 2.25 bits per heavy atom. The average molecular weight is 285 g/mol. The quantitative estimate of drug-likeness (QED) is 0.602. The molecule has 0 radical (unpaired) electrons. The standard InChI is InChI=1S/C16H31NO3/c1-14(2,3)20-13(18)6-11-17-12-16(19)9-7-15(4,5)8-10-16/h17,19H,6-12H2,1-5H3. The first-order chi connectivity index (χ1) is 9.02. The minimum Gasteiger partial charge on any atom is -0.460 e. The van der Waals surface area contributed by atoms with Crippen molar-refractivity contribution in [1.82, 2.24) is 5.32 Å². The average Bonchev–Trinajstić information content (AvgIpc) is 2.27. The lowest BCUT2D eigenvalue weighted by molar-refractivity contribution is -0.154. The van der Waals surface area contributed by atoms with Crippen molar-refractivity contribution < 1.29 is 14.6 Å². The number of aliphatic hydroxyl groups is 1. The molecule has 1 rings (SSSR count). The zero-order valence-electron chi connectivity index (χ0n) is 13.7. The molecular weight excluding hydrogens is 254 g/mol. The van der Waals surface area contributed by atoms with Crippen LogP contribution in [0.5, 0.6) is 0 Å². The summed E-state index contributed by atoms with van der Waals surface area (Å²) < 4.78 is 5.24. The molecular formula is C16H31NO3. The van der Waals surface area contributed by atoms with Gasteiger partial charge in [-0.1, -0.05) is 13.8 Å². The summed E-state index contributed by atoms with van der Waals surface area (Å²) in [6, 6.07) is 0. The first-order valence-electron chi connectivity index (χ1n) is 7.66. The third-order valence-electron chi connectivity index (χ3n) is 3.91. The van der Waals surface area contributed by atoms with Crippen LogP contribution < -0.4 is 5.32 Å². The fourth-order valence-electron chi connectivity index (χ4n) is 2.47. The minimum absolute atomic E-state index is 0.193. The summed E-state index contributed by atoms with van der Waals surface area (Å²) in [6.45, 7) is 11.2. The van der Waals surface area contributed by atoms with Crippen molar-refractivity contribution in [1.29, 1.82) is 0 Å². The summed E-state index contributed by atoms with van der Waals surface area (Å²) >= 11 is 0. The molecule has 0 amide bonds. The Kier molecular flexibility index (Phi) is 5.61. The van der Waals surface area contributed by atoms with Crippen LogP contribution in [0.1, 0.15) is 66.7 Å². The molecule has 20 heavy (non-hydrogen) atoms. The van der Waals surface area contributed by atoms with Gasteiger partial charge in [0.1, 0.15) is 5.60 Å². The normalized spacial score (nSPS) is 21.5. The second kappa shape index (κ2) is 6.44. The smallest absolute Gasteiger partial charge is 0.307 e. The Hall–Kier alpha value is -0.610. The van der Waals surface area contributed by atoms with E-state index in [1.54, 1.807) is 0 Å². The van der Waals surface area contributed by atoms with E-state index >= 15 is 0 Å². The molecule has 0 aromatic carbocycles. The van der Waals surface area contributed by atoms with Gasteiger partial charge in [-0.25, -0.2) is 0 Å². The highest BCUT2D eigenvalue weighted by atomic mass is 16.6. The molecule has 1 aliphatic rings. The molecule has 0 atom stereocenters. The van der Waals surface area contributed by atoms with E-state index in [0.29, 0.717) is 24.9 Å². The number of hydrogen-bond donors (Lipinski definition) is 2. The molecule has 2 N–H and O–H groups in total. The maximum atomic E-state index is 11.6. The molecule has 4 nitrogen and oxygen atoms in total.